The third-order valence-corrected chi connectivity index (χ3v) is 10.0. The van der Waals surface area contributed by atoms with Crippen molar-refractivity contribution in [1.29, 1.82) is 0 Å². The van der Waals surface area contributed by atoms with Crippen molar-refractivity contribution >= 4 is 60.0 Å². The van der Waals surface area contributed by atoms with Gasteiger partial charge in [0.1, 0.15) is 27.3 Å². The van der Waals surface area contributed by atoms with E-state index in [9.17, 15) is 26.4 Å². The first-order chi connectivity index (χ1) is 19.0. The summed E-state index contributed by atoms with van der Waals surface area (Å²) in [6.45, 7) is 0.237. The number of piperazine rings is 1. The molecule has 1 aromatic carbocycles. The molecule has 0 unspecified atom stereocenters. The second kappa shape index (κ2) is 11.3. The molecule has 10 nitrogen and oxygen atoms in total. The Balaban J connectivity index is 1.37. The Labute approximate surface area is 239 Å². The van der Waals surface area contributed by atoms with Gasteiger partial charge in [0, 0.05) is 32.4 Å². The van der Waals surface area contributed by atoms with Crippen LogP contribution < -0.4 is 15.0 Å². The number of nitrogens with zero attached hydrogens (tertiary/aromatic N) is 5. The lowest BCUT2D eigenvalue weighted by molar-refractivity contribution is -0.274. The maximum Gasteiger partial charge on any atom is 0.573 e. The maximum absolute atomic E-state index is 13.5. The Morgan fingerprint density at radius 1 is 1.10 bits per heavy atom. The van der Waals surface area contributed by atoms with E-state index in [-0.39, 0.29) is 30.4 Å². The summed E-state index contributed by atoms with van der Waals surface area (Å²) in [5.41, 5.74) is 1.70. The molecule has 1 fully saturated rings. The summed E-state index contributed by atoms with van der Waals surface area (Å²) in [4.78, 5) is 28.2. The number of pyridine rings is 1. The van der Waals surface area contributed by atoms with E-state index in [4.69, 9.17) is 0 Å². The number of fused-ring (bicyclic) bond motifs is 1. The van der Waals surface area contributed by atoms with E-state index < -0.39 is 34.1 Å². The highest BCUT2D eigenvalue weighted by molar-refractivity contribution is 9.11. The molecule has 210 valence electrons. The summed E-state index contributed by atoms with van der Waals surface area (Å²) >= 11 is 4.32. The summed E-state index contributed by atoms with van der Waals surface area (Å²) < 4.78 is 70.1. The van der Waals surface area contributed by atoms with E-state index in [1.165, 1.54) is 18.2 Å². The van der Waals surface area contributed by atoms with Gasteiger partial charge in [0.2, 0.25) is 5.91 Å². The molecule has 1 saturated heterocycles. The van der Waals surface area contributed by atoms with Gasteiger partial charge in [-0.15, -0.1) is 24.5 Å². The molecule has 0 spiro atoms. The number of hydrogen-bond acceptors (Lipinski definition) is 9. The molecule has 5 rings (SSSR count). The van der Waals surface area contributed by atoms with Crippen molar-refractivity contribution in [2.45, 2.75) is 23.2 Å². The Hall–Kier alpha value is -3.34. The predicted octanol–water partition coefficient (Wildman–Crippen LogP) is 3.94. The first kappa shape index (κ1) is 28.2. The molecule has 1 N–H and O–H groups in total. The molecule has 3 aromatic heterocycles. The Morgan fingerprint density at radius 3 is 2.58 bits per heavy atom. The van der Waals surface area contributed by atoms with E-state index in [0.717, 1.165) is 27.8 Å². The van der Waals surface area contributed by atoms with Gasteiger partial charge in [-0.3, -0.25) is 9.78 Å². The van der Waals surface area contributed by atoms with Gasteiger partial charge in [0.05, 0.1) is 21.7 Å². The van der Waals surface area contributed by atoms with Crippen LogP contribution in [0.1, 0.15) is 5.56 Å². The number of benzene rings is 1. The molecule has 1 atom stereocenters. The van der Waals surface area contributed by atoms with E-state index >= 15 is 0 Å². The van der Waals surface area contributed by atoms with Gasteiger partial charge < -0.3 is 15.0 Å². The lowest BCUT2D eigenvalue weighted by atomic mass is 10.1. The Morgan fingerprint density at radius 2 is 1.88 bits per heavy atom. The van der Waals surface area contributed by atoms with E-state index in [1.807, 2.05) is 0 Å². The number of aromatic nitrogens is 3. The molecule has 1 aliphatic heterocycles. The van der Waals surface area contributed by atoms with E-state index in [2.05, 4.69) is 40.9 Å². The summed E-state index contributed by atoms with van der Waals surface area (Å²) in [6.07, 6.45) is -0.109. The fourth-order valence-corrected chi connectivity index (χ4v) is 7.86. The number of nitrogens with one attached hydrogen (secondary N) is 1. The zero-order valence-electron chi connectivity index (χ0n) is 20.4. The summed E-state index contributed by atoms with van der Waals surface area (Å²) in [5, 5.41) is 2.71. The minimum atomic E-state index is -4.82. The number of alkyl halides is 3. The van der Waals surface area contributed by atoms with Crippen molar-refractivity contribution in [2.75, 3.05) is 24.5 Å². The third-order valence-electron chi connectivity index (χ3n) is 6.02. The molecule has 0 radical (unpaired) electrons. The van der Waals surface area contributed by atoms with Gasteiger partial charge in [0.25, 0.3) is 10.0 Å². The fourth-order valence-electron chi connectivity index (χ4n) is 4.15. The minimum Gasteiger partial charge on any atom is -0.406 e. The van der Waals surface area contributed by atoms with Crippen LogP contribution in [0.4, 0.5) is 19.0 Å². The second-order valence-electron chi connectivity index (χ2n) is 8.64. The van der Waals surface area contributed by atoms with Crippen molar-refractivity contribution in [3.05, 3.63) is 70.4 Å². The zero-order chi connectivity index (χ0) is 28.5. The van der Waals surface area contributed by atoms with Gasteiger partial charge >= 0.3 is 6.36 Å². The van der Waals surface area contributed by atoms with Crippen LogP contribution in [0.3, 0.4) is 0 Å². The zero-order valence-corrected chi connectivity index (χ0v) is 23.6. The number of sulfonamides is 1. The second-order valence-corrected chi connectivity index (χ2v) is 13.2. The molecule has 0 saturated carbocycles. The average molecular weight is 657 g/mol. The number of rotatable bonds is 7. The summed E-state index contributed by atoms with van der Waals surface area (Å²) in [7, 11) is -4.01. The van der Waals surface area contributed by atoms with Gasteiger partial charge in [-0.05, 0) is 51.8 Å². The van der Waals surface area contributed by atoms with Crippen molar-refractivity contribution in [3.8, 4) is 5.75 Å². The summed E-state index contributed by atoms with van der Waals surface area (Å²) in [5.74, 6) is -0.484. The van der Waals surface area contributed by atoms with Crippen molar-refractivity contribution < 1.29 is 31.1 Å². The quantitative estimate of drug-likeness (QED) is 0.318. The highest BCUT2D eigenvalue weighted by atomic mass is 79.9. The highest BCUT2D eigenvalue weighted by Crippen LogP contribution is 2.31. The molecule has 4 aromatic rings. The van der Waals surface area contributed by atoms with Crippen LogP contribution in [-0.2, 0) is 21.4 Å². The number of hydrogen-bond donors (Lipinski definition) is 1. The van der Waals surface area contributed by atoms with Crippen LogP contribution in [0.25, 0.3) is 11.0 Å². The van der Waals surface area contributed by atoms with Crippen LogP contribution in [0.15, 0.2) is 69.1 Å². The summed E-state index contributed by atoms with van der Waals surface area (Å²) in [6, 6.07) is 8.71. The third kappa shape index (κ3) is 6.35. The van der Waals surface area contributed by atoms with Crippen LogP contribution >= 0.6 is 27.3 Å². The Bertz CT molecular complexity index is 1640. The molecule has 16 heteroatoms. The number of ether oxygens (including phenoxy) is 1. The van der Waals surface area contributed by atoms with Gasteiger partial charge in [-0.1, -0.05) is 12.1 Å². The first-order valence-corrected chi connectivity index (χ1v) is 14.8. The Kier molecular flexibility index (Phi) is 7.94. The molecular weight excluding hydrogens is 637 g/mol. The SMILES string of the molecule is O=C(NCc1ccc(OC(F)(F)F)cc1)[C@H]1CN(c2cnc3cnccc3n2)CCN1S(=O)(=O)c1ccc(Br)s1. The smallest absolute Gasteiger partial charge is 0.406 e. The van der Waals surface area contributed by atoms with E-state index in [0.29, 0.717) is 26.2 Å². The maximum atomic E-state index is 13.5. The molecule has 40 heavy (non-hydrogen) atoms. The number of halogens is 4. The molecule has 1 aliphatic rings. The number of anilines is 1. The van der Waals surface area contributed by atoms with Crippen LogP contribution in [0, 0.1) is 0 Å². The minimum absolute atomic E-state index is 0.00123. The molecule has 0 aliphatic carbocycles. The van der Waals surface area contributed by atoms with Crippen LogP contribution in [0.5, 0.6) is 5.75 Å². The average Bonchev–Trinajstić information content (AvgIpc) is 3.38. The lowest BCUT2D eigenvalue weighted by Crippen LogP contribution is -2.60. The molecular formula is C24H20BrF3N6O4S2. The fraction of sp³-hybridized carbons (Fsp3) is 0.250. The number of amides is 1. The predicted molar refractivity (Wildman–Crippen MR) is 144 cm³/mol. The largest absolute Gasteiger partial charge is 0.573 e. The number of carbonyl (C=O) groups excluding carboxylic acids is 1. The molecule has 1 amide bonds. The lowest BCUT2D eigenvalue weighted by Gasteiger charge is -2.39. The molecule has 0 bridgehead atoms. The topological polar surface area (TPSA) is 118 Å². The van der Waals surface area contributed by atoms with E-state index in [1.54, 1.807) is 35.6 Å². The first-order valence-electron chi connectivity index (χ1n) is 11.7. The van der Waals surface area contributed by atoms with Crippen LogP contribution in [0.2, 0.25) is 0 Å². The normalized spacial score (nSPS) is 16.7. The number of carbonyl (C=O) groups is 1. The molecule has 4 heterocycles. The highest BCUT2D eigenvalue weighted by Gasteiger charge is 2.41. The number of thiophene rings is 1. The van der Waals surface area contributed by atoms with Crippen LogP contribution in [-0.4, -0.2) is 65.6 Å². The standard InChI is InChI=1S/C24H20BrF3N6O4S2/c25-20-5-6-22(39-20)40(36,37)34-10-9-33(21-13-30-18-12-29-8-7-17(18)32-21)14-19(34)23(35)31-11-15-1-3-16(4-2-15)38-24(26,27)28/h1-8,12-13,19H,9-11,14H2,(H,31,35)/t19-/m1/s1. The van der Waals surface area contributed by atoms with Crippen molar-refractivity contribution in [3.63, 3.8) is 0 Å². The van der Waals surface area contributed by atoms with Gasteiger partial charge in [-0.25, -0.2) is 18.4 Å². The van der Waals surface area contributed by atoms with Crippen molar-refractivity contribution in [1.82, 2.24) is 24.6 Å². The van der Waals surface area contributed by atoms with Crippen molar-refractivity contribution in [2.24, 2.45) is 0 Å². The van der Waals surface area contributed by atoms with Gasteiger partial charge in [-0.2, -0.15) is 4.31 Å². The monoisotopic (exact) mass is 656 g/mol. The van der Waals surface area contributed by atoms with Gasteiger partial charge in [0.15, 0.2) is 0 Å².